The van der Waals surface area contributed by atoms with Crippen molar-refractivity contribution in [2.45, 2.75) is 17.4 Å². The zero-order chi connectivity index (χ0) is 25.2. The van der Waals surface area contributed by atoms with Crippen LogP contribution in [0, 0.1) is 0 Å². The first-order valence-electron chi connectivity index (χ1n) is 10.5. The molecule has 7 nitrogen and oxygen atoms in total. The van der Waals surface area contributed by atoms with Crippen molar-refractivity contribution >= 4 is 56.2 Å². The molecule has 0 saturated carbocycles. The lowest BCUT2D eigenvalue weighted by Gasteiger charge is -2.25. The van der Waals surface area contributed by atoms with E-state index in [0.29, 0.717) is 27.9 Å². The van der Waals surface area contributed by atoms with E-state index in [2.05, 4.69) is 4.72 Å². The Morgan fingerprint density at radius 1 is 0.971 bits per heavy atom. The van der Waals surface area contributed by atoms with Crippen molar-refractivity contribution in [1.82, 2.24) is 4.72 Å². The summed E-state index contributed by atoms with van der Waals surface area (Å²) in [5, 5.41) is 7.72. The molecular weight excluding hydrogens is 533 g/mol. The van der Waals surface area contributed by atoms with Gasteiger partial charge in [-0.15, -0.1) is 0 Å². The van der Waals surface area contributed by atoms with Crippen molar-refractivity contribution in [3.63, 3.8) is 0 Å². The van der Waals surface area contributed by atoms with E-state index >= 15 is 0 Å². The van der Waals surface area contributed by atoms with Gasteiger partial charge in [0.15, 0.2) is 0 Å². The number of nitrogens with zero attached hydrogens (tertiary/aromatic N) is 2. The highest BCUT2D eigenvalue weighted by Gasteiger charge is 2.31. The minimum absolute atomic E-state index is 0.00757. The number of benzene rings is 3. The van der Waals surface area contributed by atoms with Gasteiger partial charge in [-0.25, -0.2) is 13.1 Å². The first-order chi connectivity index (χ1) is 16.7. The minimum atomic E-state index is -3.92. The Balaban J connectivity index is 1.63. The second-order valence-electron chi connectivity index (χ2n) is 7.72. The number of hydrazone groups is 1. The van der Waals surface area contributed by atoms with E-state index in [9.17, 15) is 8.42 Å². The molecular formula is C24H22Cl3N3O4S. The molecule has 1 aliphatic rings. The molecule has 11 heteroatoms. The number of rotatable bonds is 8. The maximum Gasteiger partial charge on any atom is 0.244 e. The van der Waals surface area contributed by atoms with Crippen LogP contribution in [-0.4, -0.2) is 34.9 Å². The molecule has 0 saturated heterocycles. The van der Waals surface area contributed by atoms with Gasteiger partial charge in [0, 0.05) is 16.5 Å². The molecule has 1 aliphatic heterocycles. The van der Waals surface area contributed by atoms with Crippen LogP contribution in [0.15, 0.2) is 70.7 Å². The van der Waals surface area contributed by atoms with Crippen molar-refractivity contribution in [1.29, 1.82) is 0 Å². The molecule has 1 N–H and O–H groups in total. The number of nitrogens with one attached hydrogen (secondary N) is 1. The second kappa shape index (κ2) is 10.6. The summed E-state index contributed by atoms with van der Waals surface area (Å²) in [6.45, 7) is -0.00757. The van der Waals surface area contributed by atoms with E-state index < -0.39 is 10.0 Å². The summed E-state index contributed by atoms with van der Waals surface area (Å²) in [5.41, 5.74) is 2.25. The molecule has 0 aliphatic carbocycles. The van der Waals surface area contributed by atoms with Gasteiger partial charge in [0.05, 0.1) is 43.2 Å². The highest BCUT2D eigenvalue weighted by molar-refractivity contribution is 7.89. The van der Waals surface area contributed by atoms with Crippen LogP contribution in [0.3, 0.4) is 0 Å². The monoisotopic (exact) mass is 553 g/mol. The lowest BCUT2D eigenvalue weighted by atomic mass is 10.0. The summed E-state index contributed by atoms with van der Waals surface area (Å²) in [6.07, 6.45) is 0.473. The predicted octanol–water partition coefficient (Wildman–Crippen LogP) is 5.95. The minimum Gasteiger partial charge on any atom is -0.497 e. The molecule has 0 fully saturated rings. The molecule has 3 aromatic rings. The van der Waals surface area contributed by atoms with Crippen LogP contribution in [0.2, 0.25) is 15.1 Å². The van der Waals surface area contributed by atoms with Crippen molar-refractivity contribution < 1.29 is 17.9 Å². The first-order valence-corrected chi connectivity index (χ1v) is 13.1. The summed E-state index contributed by atoms with van der Waals surface area (Å²) in [5.74, 6) is 0.924. The SMILES string of the molecule is COc1ccc(C2CC(CNS(=O)(=O)c3cc(Cl)ccc3OC)=NN2c2ccc(Cl)cc2Cl)cc1. The Hall–Kier alpha value is -2.49. The lowest BCUT2D eigenvalue weighted by Crippen LogP contribution is -2.29. The highest BCUT2D eigenvalue weighted by Crippen LogP contribution is 2.40. The van der Waals surface area contributed by atoms with E-state index in [0.717, 1.165) is 11.3 Å². The van der Waals surface area contributed by atoms with Gasteiger partial charge in [0.2, 0.25) is 10.0 Å². The van der Waals surface area contributed by atoms with E-state index in [1.807, 2.05) is 24.3 Å². The topological polar surface area (TPSA) is 80.2 Å². The van der Waals surface area contributed by atoms with Crippen molar-refractivity contribution in [3.05, 3.63) is 81.3 Å². The van der Waals surface area contributed by atoms with Gasteiger partial charge in [-0.1, -0.05) is 46.9 Å². The zero-order valence-electron chi connectivity index (χ0n) is 18.8. The van der Waals surface area contributed by atoms with Gasteiger partial charge in [0.25, 0.3) is 0 Å². The Morgan fingerprint density at radius 2 is 1.66 bits per heavy atom. The molecule has 0 amide bonds. The molecule has 0 radical (unpaired) electrons. The fourth-order valence-electron chi connectivity index (χ4n) is 3.77. The number of sulfonamides is 1. The van der Waals surface area contributed by atoms with Crippen LogP contribution in [-0.2, 0) is 10.0 Å². The van der Waals surface area contributed by atoms with Crippen LogP contribution in [0.5, 0.6) is 11.5 Å². The molecule has 1 unspecified atom stereocenters. The number of ether oxygens (including phenoxy) is 2. The average molecular weight is 555 g/mol. The van der Waals surface area contributed by atoms with Gasteiger partial charge in [-0.2, -0.15) is 5.10 Å². The van der Waals surface area contributed by atoms with Crippen molar-refractivity contribution in [2.75, 3.05) is 25.8 Å². The van der Waals surface area contributed by atoms with E-state index in [1.54, 1.807) is 36.4 Å². The average Bonchev–Trinajstić information content (AvgIpc) is 3.27. The Bertz CT molecular complexity index is 1360. The summed E-state index contributed by atoms with van der Waals surface area (Å²) >= 11 is 18.6. The molecule has 4 rings (SSSR count). The van der Waals surface area contributed by atoms with Gasteiger partial charge in [-0.3, -0.25) is 5.01 Å². The normalized spacial score (nSPS) is 15.7. The molecule has 1 atom stereocenters. The zero-order valence-corrected chi connectivity index (χ0v) is 21.9. The molecule has 0 aromatic heterocycles. The molecule has 0 spiro atoms. The van der Waals surface area contributed by atoms with E-state index in [4.69, 9.17) is 49.4 Å². The largest absolute Gasteiger partial charge is 0.497 e. The Labute approximate surface area is 219 Å². The number of anilines is 1. The quantitative estimate of drug-likeness (QED) is 0.372. The van der Waals surface area contributed by atoms with Crippen molar-refractivity contribution in [2.24, 2.45) is 5.10 Å². The third-order valence-corrected chi connectivity index (χ3v) is 7.71. The van der Waals surface area contributed by atoms with Gasteiger partial charge in [-0.05, 0) is 54.1 Å². The predicted molar refractivity (Wildman–Crippen MR) is 140 cm³/mol. The standard InChI is InChI=1S/C24H22Cl3N3O4S/c1-33-19-7-3-15(4-8-19)22-13-18(29-30(22)21-9-5-16(25)11-20(21)27)14-28-35(31,32)24-12-17(26)6-10-23(24)34-2/h3-12,22,28H,13-14H2,1-2H3. The number of halogens is 3. The van der Waals surface area contributed by atoms with Crippen LogP contribution >= 0.6 is 34.8 Å². The fraction of sp³-hybridized carbons (Fsp3) is 0.208. The Morgan fingerprint density at radius 3 is 2.31 bits per heavy atom. The summed E-state index contributed by atoms with van der Waals surface area (Å²) in [7, 11) is -0.916. The second-order valence-corrected chi connectivity index (χ2v) is 10.7. The number of hydrogen-bond acceptors (Lipinski definition) is 6. The van der Waals surface area contributed by atoms with Gasteiger partial charge in [0.1, 0.15) is 16.4 Å². The van der Waals surface area contributed by atoms with E-state index in [1.165, 1.54) is 19.2 Å². The molecule has 35 heavy (non-hydrogen) atoms. The third-order valence-electron chi connectivity index (χ3n) is 5.51. The summed E-state index contributed by atoms with van der Waals surface area (Å²) < 4.78 is 39.1. The Kier molecular flexibility index (Phi) is 7.78. The van der Waals surface area contributed by atoms with Crippen LogP contribution in [0.4, 0.5) is 5.69 Å². The molecule has 184 valence electrons. The van der Waals surface area contributed by atoms with Crippen LogP contribution in [0.25, 0.3) is 0 Å². The van der Waals surface area contributed by atoms with Crippen LogP contribution in [0.1, 0.15) is 18.0 Å². The summed E-state index contributed by atoms with van der Waals surface area (Å²) in [6, 6.07) is 17.0. The molecule has 1 heterocycles. The summed E-state index contributed by atoms with van der Waals surface area (Å²) in [4.78, 5) is -0.0459. The maximum atomic E-state index is 13.0. The first kappa shape index (κ1) is 25.6. The fourth-order valence-corrected chi connectivity index (χ4v) is 5.71. The molecule has 3 aromatic carbocycles. The smallest absolute Gasteiger partial charge is 0.244 e. The lowest BCUT2D eigenvalue weighted by molar-refractivity contribution is 0.402. The van der Waals surface area contributed by atoms with Crippen LogP contribution < -0.4 is 19.2 Å². The molecule has 0 bridgehead atoms. The highest BCUT2D eigenvalue weighted by atomic mass is 35.5. The van der Waals surface area contributed by atoms with E-state index in [-0.39, 0.29) is 28.3 Å². The third kappa shape index (κ3) is 5.68. The number of hydrogen-bond donors (Lipinski definition) is 1. The van der Waals surface area contributed by atoms with Gasteiger partial charge < -0.3 is 9.47 Å². The van der Waals surface area contributed by atoms with Gasteiger partial charge >= 0.3 is 0 Å². The maximum absolute atomic E-state index is 13.0. The number of methoxy groups -OCH3 is 2. The van der Waals surface area contributed by atoms with Crippen molar-refractivity contribution in [3.8, 4) is 11.5 Å².